The van der Waals surface area contributed by atoms with E-state index in [2.05, 4.69) is 41.2 Å². The van der Waals surface area contributed by atoms with Gasteiger partial charge in [-0.15, -0.1) is 0 Å². The van der Waals surface area contributed by atoms with Crippen LogP contribution in [0, 0.1) is 6.92 Å². The molecule has 2 N–H and O–H groups in total. The first-order valence-electron chi connectivity index (χ1n) is 8.73. The lowest BCUT2D eigenvalue weighted by Gasteiger charge is -2.42. The van der Waals surface area contributed by atoms with Gasteiger partial charge < -0.3 is 10.3 Å². The minimum atomic E-state index is 0.0396. The molecule has 0 aliphatic carbocycles. The summed E-state index contributed by atoms with van der Waals surface area (Å²) < 4.78 is 1.99. The van der Waals surface area contributed by atoms with Crippen LogP contribution in [-0.4, -0.2) is 46.2 Å². The van der Waals surface area contributed by atoms with E-state index in [1.165, 1.54) is 12.0 Å². The summed E-state index contributed by atoms with van der Waals surface area (Å²) in [7, 11) is 0. The van der Waals surface area contributed by atoms with Gasteiger partial charge in [0.2, 0.25) is 0 Å². The minimum Gasteiger partial charge on any atom is -0.315 e. The number of imidazole rings is 1. The number of benzene rings is 1. The van der Waals surface area contributed by atoms with E-state index in [0.717, 1.165) is 50.1 Å². The molecule has 2 aromatic rings. The van der Waals surface area contributed by atoms with Crippen molar-refractivity contribution in [1.82, 2.24) is 19.8 Å². The molecule has 0 saturated carbocycles. The monoisotopic (exact) mass is 314 g/mol. The standard InChI is InChI=1S/C18H26N4O/c1-13-3-4-15-16(11-13)22(17(23)20-15)14-5-9-21(10-6-14)18(2)7-8-19-12-18/h3-4,11,14,19H,5-10,12H2,1-2H3,(H,20,23). The van der Waals surface area contributed by atoms with Gasteiger partial charge in [-0.2, -0.15) is 0 Å². The van der Waals surface area contributed by atoms with Crippen molar-refractivity contribution in [3.05, 3.63) is 34.2 Å². The van der Waals surface area contributed by atoms with Crippen LogP contribution in [0.25, 0.3) is 11.0 Å². The smallest absolute Gasteiger partial charge is 0.315 e. The molecule has 2 aliphatic rings. The van der Waals surface area contributed by atoms with Crippen molar-refractivity contribution in [1.29, 1.82) is 0 Å². The molecule has 1 aromatic carbocycles. The minimum absolute atomic E-state index is 0.0396. The largest absolute Gasteiger partial charge is 0.326 e. The molecule has 1 atom stereocenters. The van der Waals surface area contributed by atoms with E-state index in [1.54, 1.807) is 0 Å². The van der Waals surface area contributed by atoms with E-state index in [-0.39, 0.29) is 5.69 Å². The van der Waals surface area contributed by atoms with Gasteiger partial charge in [-0.3, -0.25) is 9.47 Å². The van der Waals surface area contributed by atoms with E-state index in [0.29, 0.717) is 11.6 Å². The van der Waals surface area contributed by atoms with Crippen molar-refractivity contribution in [2.24, 2.45) is 0 Å². The topological polar surface area (TPSA) is 53.1 Å². The Hall–Kier alpha value is -1.59. The number of hydrogen-bond acceptors (Lipinski definition) is 3. The van der Waals surface area contributed by atoms with E-state index in [1.807, 2.05) is 10.6 Å². The molecular formula is C18H26N4O. The van der Waals surface area contributed by atoms with Crippen LogP contribution in [-0.2, 0) is 0 Å². The van der Waals surface area contributed by atoms with Crippen molar-refractivity contribution in [3.63, 3.8) is 0 Å². The van der Waals surface area contributed by atoms with E-state index < -0.39 is 0 Å². The fraction of sp³-hybridized carbons (Fsp3) is 0.611. The number of piperidine rings is 1. The molecule has 5 nitrogen and oxygen atoms in total. The van der Waals surface area contributed by atoms with Crippen LogP contribution in [0.15, 0.2) is 23.0 Å². The van der Waals surface area contributed by atoms with Crippen molar-refractivity contribution in [3.8, 4) is 0 Å². The molecule has 0 amide bonds. The first-order chi connectivity index (χ1) is 11.1. The Labute approximate surface area is 136 Å². The van der Waals surface area contributed by atoms with Crippen LogP contribution >= 0.6 is 0 Å². The molecule has 23 heavy (non-hydrogen) atoms. The van der Waals surface area contributed by atoms with Crippen molar-refractivity contribution >= 4 is 11.0 Å². The number of nitrogens with zero attached hydrogens (tertiary/aromatic N) is 2. The first-order valence-corrected chi connectivity index (χ1v) is 8.73. The Kier molecular flexibility index (Phi) is 3.58. The Morgan fingerprint density at radius 3 is 2.74 bits per heavy atom. The molecule has 0 spiro atoms. The van der Waals surface area contributed by atoms with Crippen molar-refractivity contribution in [2.45, 2.75) is 44.7 Å². The summed E-state index contributed by atoms with van der Waals surface area (Å²) >= 11 is 0. The second-order valence-electron chi connectivity index (χ2n) is 7.46. The number of H-pyrrole nitrogens is 1. The van der Waals surface area contributed by atoms with Gasteiger partial charge >= 0.3 is 5.69 Å². The fourth-order valence-electron chi connectivity index (χ4n) is 4.33. The molecule has 124 valence electrons. The number of aromatic amines is 1. The number of aryl methyl sites for hydroxylation is 1. The van der Waals surface area contributed by atoms with Crippen molar-refractivity contribution in [2.75, 3.05) is 26.2 Å². The third-order valence-corrected chi connectivity index (χ3v) is 5.81. The predicted octanol–water partition coefficient (Wildman–Crippen LogP) is 2.03. The quantitative estimate of drug-likeness (QED) is 0.892. The van der Waals surface area contributed by atoms with Crippen LogP contribution in [0.3, 0.4) is 0 Å². The van der Waals surface area contributed by atoms with Gasteiger partial charge in [0, 0.05) is 31.2 Å². The number of nitrogens with one attached hydrogen (secondary N) is 2. The number of likely N-dealkylation sites (tertiary alicyclic amines) is 1. The Balaban J connectivity index is 1.58. The maximum absolute atomic E-state index is 12.4. The van der Waals surface area contributed by atoms with Gasteiger partial charge in [0.1, 0.15) is 0 Å². The molecule has 2 fully saturated rings. The van der Waals surface area contributed by atoms with Gasteiger partial charge in [-0.1, -0.05) is 6.07 Å². The average molecular weight is 314 g/mol. The summed E-state index contributed by atoms with van der Waals surface area (Å²) in [6.07, 6.45) is 3.33. The zero-order chi connectivity index (χ0) is 16.0. The lowest BCUT2D eigenvalue weighted by molar-refractivity contribution is 0.0778. The molecular weight excluding hydrogens is 288 g/mol. The summed E-state index contributed by atoms with van der Waals surface area (Å²) in [5, 5.41) is 3.49. The molecule has 3 heterocycles. The van der Waals surface area contributed by atoms with Crippen LogP contribution in [0.5, 0.6) is 0 Å². The average Bonchev–Trinajstić information content (AvgIpc) is 3.11. The van der Waals surface area contributed by atoms with E-state index in [9.17, 15) is 4.79 Å². The van der Waals surface area contributed by atoms with Crippen LogP contribution in [0.2, 0.25) is 0 Å². The second kappa shape index (κ2) is 5.49. The van der Waals surface area contributed by atoms with Gasteiger partial charge in [0.05, 0.1) is 11.0 Å². The van der Waals surface area contributed by atoms with Gasteiger partial charge in [0.15, 0.2) is 0 Å². The summed E-state index contributed by atoms with van der Waals surface area (Å²) in [6, 6.07) is 6.51. The molecule has 0 bridgehead atoms. The zero-order valence-electron chi connectivity index (χ0n) is 14.1. The highest BCUT2D eigenvalue weighted by Gasteiger charge is 2.37. The molecule has 5 heteroatoms. The third-order valence-electron chi connectivity index (χ3n) is 5.81. The van der Waals surface area contributed by atoms with Crippen LogP contribution in [0.1, 0.15) is 37.8 Å². The van der Waals surface area contributed by atoms with Crippen LogP contribution < -0.4 is 11.0 Å². The molecule has 1 unspecified atom stereocenters. The Morgan fingerprint density at radius 2 is 2.04 bits per heavy atom. The molecule has 0 radical (unpaired) electrons. The third kappa shape index (κ3) is 2.52. The van der Waals surface area contributed by atoms with Gasteiger partial charge in [0.25, 0.3) is 0 Å². The maximum atomic E-state index is 12.4. The lowest BCUT2D eigenvalue weighted by atomic mass is 9.94. The fourth-order valence-corrected chi connectivity index (χ4v) is 4.33. The summed E-state index contributed by atoms with van der Waals surface area (Å²) in [5.74, 6) is 0. The molecule has 2 aliphatic heterocycles. The highest BCUT2D eigenvalue weighted by atomic mass is 16.1. The van der Waals surface area contributed by atoms with Gasteiger partial charge in [-0.05, 0) is 57.4 Å². The normalized spacial score (nSPS) is 27.0. The number of fused-ring (bicyclic) bond motifs is 1. The van der Waals surface area contributed by atoms with E-state index in [4.69, 9.17) is 0 Å². The summed E-state index contributed by atoms with van der Waals surface area (Å²) in [5.41, 5.74) is 3.55. The Morgan fingerprint density at radius 1 is 1.26 bits per heavy atom. The zero-order valence-corrected chi connectivity index (χ0v) is 14.1. The first kappa shape index (κ1) is 15.0. The summed E-state index contributed by atoms with van der Waals surface area (Å²) in [6.45, 7) is 8.81. The SMILES string of the molecule is Cc1ccc2[nH]c(=O)n(C3CCN(C4(C)CCNC4)CC3)c2c1. The second-order valence-corrected chi connectivity index (χ2v) is 7.46. The molecule has 4 rings (SSSR count). The number of aromatic nitrogens is 2. The van der Waals surface area contributed by atoms with Crippen molar-refractivity contribution < 1.29 is 0 Å². The van der Waals surface area contributed by atoms with Crippen LogP contribution in [0.4, 0.5) is 0 Å². The highest BCUT2D eigenvalue weighted by Crippen LogP contribution is 2.31. The predicted molar refractivity (Wildman–Crippen MR) is 93.0 cm³/mol. The maximum Gasteiger partial charge on any atom is 0.326 e. The van der Waals surface area contributed by atoms with E-state index >= 15 is 0 Å². The number of hydrogen-bond donors (Lipinski definition) is 2. The summed E-state index contributed by atoms with van der Waals surface area (Å²) in [4.78, 5) is 18.1. The molecule has 2 saturated heterocycles. The van der Waals surface area contributed by atoms with Gasteiger partial charge in [-0.25, -0.2) is 4.79 Å². The number of rotatable bonds is 2. The highest BCUT2D eigenvalue weighted by molar-refractivity contribution is 5.76. The lowest BCUT2D eigenvalue weighted by Crippen LogP contribution is -2.51. The Bertz CT molecular complexity index is 761. The molecule has 1 aromatic heterocycles.